The Bertz CT molecular complexity index is 908. The molecule has 2 N–H and O–H groups in total. The molecule has 0 radical (unpaired) electrons. The van der Waals surface area contributed by atoms with Gasteiger partial charge in [-0.15, -0.1) is 0 Å². The molecule has 1 amide bonds. The molecule has 0 aromatic heterocycles. The maximum atomic E-state index is 12.1. The molecule has 5 rings (SSSR count). The van der Waals surface area contributed by atoms with Crippen LogP contribution >= 0.6 is 0 Å². The Hall–Kier alpha value is -2.78. The van der Waals surface area contributed by atoms with Crippen LogP contribution in [0.4, 0.5) is 11.4 Å². The maximum Gasteiger partial charge on any atom is 0.337 e. The topological polar surface area (TPSA) is 86.4 Å². The molecule has 4 aliphatic rings. The molecule has 1 aromatic rings. The van der Waals surface area contributed by atoms with E-state index in [-0.39, 0.29) is 24.1 Å². The van der Waals surface area contributed by atoms with E-state index in [0.29, 0.717) is 12.0 Å². The number of carbonyl (C=O) groups is 2. The molecule has 9 heteroatoms. The molecular formula is C23H31N5O4. The van der Waals surface area contributed by atoms with Gasteiger partial charge in [0.05, 0.1) is 30.2 Å². The van der Waals surface area contributed by atoms with Gasteiger partial charge in [-0.2, -0.15) is 0 Å². The number of nitrogens with one attached hydrogen (secondary N) is 2. The number of carbonyl (C=O) groups excluding carboxylic acids is 2. The molecule has 1 aromatic carbocycles. The number of ether oxygens (including phenoxy) is 2. The Labute approximate surface area is 188 Å². The average Bonchev–Trinajstić information content (AvgIpc) is 3.12. The number of methoxy groups -OCH3 is 1. The molecule has 2 saturated heterocycles. The van der Waals surface area contributed by atoms with Crippen LogP contribution < -0.4 is 15.5 Å². The number of allylic oxidation sites excluding steroid dienone is 1. The fourth-order valence-electron chi connectivity index (χ4n) is 4.80. The molecule has 2 fully saturated rings. The molecule has 0 saturated carbocycles. The van der Waals surface area contributed by atoms with E-state index in [4.69, 9.17) is 9.47 Å². The van der Waals surface area contributed by atoms with Crippen molar-refractivity contribution >= 4 is 23.3 Å². The van der Waals surface area contributed by atoms with Crippen molar-refractivity contribution in [2.45, 2.75) is 31.5 Å². The molecular weight excluding hydrogens is 410 g/mol. The number of hydrogen-bond acceptors (Lipinski definition) is 8. The largest absolute Gasteiger partial charge is 0.465 e. The Morgan fingerprint density at radius 3 is 2.72 bits per heavy atom. The van der Waals surface area contributed by atoms with Crippen LogP contribution in [-0.4, -0.2) is 86.9 Å². The third-order valence-electron chi connectivity index (χ3n) is 6.74. The van der Waals surface area contributed by atoms with Crippen LogP contribution in [0.25, 0.3) is 0 Å². The lowest BCUT2D eigenvalue weighted by atomic mass is 10.1. The van der Waals surface area contributed by atoms with Gasteiger partial charge in [0.25, 0.3) is 0 Å². The summed E-state index contributed by atoms with van der Waals surface area (Å²) in [5.41, 5.74) is 2.63. The molecule has 0 bridgehead atoms. The number of esters is 1. The number of fused-ring (bicyclic) bond motifs is 1. The maximum absolute atomic E-state index is 12.1. The monoisotopic (exact) mass is 441 g/mol. The van der Waals surface area contributed by atoms with Gasteiger partial charge in [-0.1, -0.05) is 0 Å². The van der Waals surface area contributed by atoms with Crippen molar-refractivity contribution < 1.29 is 19.1 Å². The second-order valence-electron chi connectivity index (χ2n) is 8.78. The first kappa shape index (κ1) is 21.1. The Kier molecular flexibility index (Phi) is 5.93. The average molecular weight is 442 g/mol. The molecule has 0 aliphatic carbocycles. The standard InChI is InChI=1S/C23H31N5O4/c1-31-23(30)16-5-6-18-19(13-16)28(14-17-7-12-32-17)21(24-18)15-26-8-10-27(11-9-26)20-3-2-4-22(29)25-20/h3,5-6,13,17,21,24H,2,4,7-12,14-15H2,1H3,(H,25,29). The van der Waals surface area contributed by atoms with Crippen LogP contribution in [0.3, 0.4) is 0 Å². The molecule has 9 nitrogen and oxygen atoms in total. The first-order chi connectivity index (χ1) is 15.6. The number of piperazine rings is 1. The summed E-state index contributed by atoms with van der Waals surface area (Å²) in [7, 11) is 1.41. The fraction of sp³-hybridized carbons (Fsp3) is 0.565. The van der Waals surface area contributed by atoms with Crippen LogP contribution in [0.2, 0.25) is 0 Å². The van der Waals surface area contributed by atoms with E-state index in [2.05, 4.69) is 31.4 Å². The molecule has 172 valence electrons. The Balaban J connectivity index is 1.25. The fourth-order valence-corrected chi connectivity index (χ4v) is 4.80. The van der Waals surface area contributed by atoms with Crippen molar-refractivity contribution in [3.8, 4) is 0 Å². The van der Waals surface area contributed by atoms with Crippen LogP contribution in [0.5, 0.6) is 0 Å². The normalized spacial score (nSPS) is 25.4. The van der Waals surface area contributed by atoms with Gasteiger partial charge in [-0.3, -0.25) is 9.69 Å². The van der Waals surface area contributed by atoms with Gasteiger partial charge in [0.2, 0.25) is 5.91 Å². The van der Waals surface area contributed by atoms with Crippen LogP contribution in [0.1, 0.15) is 29.6 Å². The number of amides is 1. The molecule has 4 heterocycles. The van der Waals surface area contributed by atoms with Gasteiger partial charge >= 0.3 is 5.97 Å². The van der Waals surface area contributed by atoms with Crippen LogP contribution in [0.15, 0.2) is 30.1 Å². The molecule has 2 atom stereocenters. The van der Waals surface area contributed by atoms with Crippen LogP contribution in [-0.2, 0) is 14.3 Å². The smallest absolute Gasteiger partial charge is 0.337 e. The highest BCUT2D eigenvalue weighted by Crippen LogP contribution is 2.37. The number of anilines is 2. The van der Waals surface area contributed by atoms with Crippen molar-refractivity contribution in [3.63, 3.8) is 0 Å². The van der Waals surface area contributed by atoms with Crippen molar-refractivity contribution in [2.75, 3.05) is 63.2 Å². The minimum Gasteiger partial charge on any atom is -0.465 e. The highest BCUT2D eigenvalue weighted by atomic mass is 16.5. The Morgan fingerprint density at radius 2 is 2.03 bits per heavy atom. The highest BCUT2D eigenvalue weighted by molar-refractivity contribution is 5.93. The van der Waals surface area contributed by atoms with Gasteiger partial charge in [0.15, 0.2) is 0 Å². The summed E-state index contributed by atoms with van der Waals surface area (Å²) in [5, 5.41) is 6.65. The van der Waals surface area contributed by atoms with E-state index in [1.165, 1.54) is 7.11 Å². The first-order valence-corrected chi connectivity index (χ1v) is 11.4. The second-order valence-corrected chi connectivity index (χ2v) is 8.78. The van der Waals surface area contributed by atoms with E-state index in [1.807, 2.05) is 18.2 Å². The summed E-state index contributed by atoms with van der Waals surface area (Å²) in [6, 6.07) is 5.69. The SMILES string of the molecule is COC(=O)c1ccc2c(c1)N(CC1CCO1)C(CN1CCN(C3=CCCC(=O)N3)CC1)N2. The summed E-state index contributed by atoms with van der Waals surface area (Å²) in [5.74, 6) is 0.751. The summed E-state index contributed by atoms with van der Waals surface area (Å²) < 4.78 is 10.6. The second kappa shape index (κ2) is 8.99. The first-order valence-electron chi connectivity index (χ1n) is 11.4. The summed E-state index contributed by atoms with van der Waals surface area (Å²) >= 11 is 0. The lowest BCUT2D eigenvalue weighted by Crippen LogP contribution is -2.54. The third kappa shape index (κ3) is 4.27. The zero-order valence-corrected chi connectivity index (χ0v) is 18.5. The summed E-state index contributed by atoms with van der Waals surface area (Å²) in [6.07, 6.45) is 4.93. The zero-order valence-electron chi connectivity index (χ0n) is 18.5. The quantitative estimate of drug-likeness (QED) is 0.637. The van der Waals surface area contributed by atoms with E-state index >= 15 is 0 Å². The van der Waals surface area contributed by atoms with Crippen molar-refractivity contribution in [3.05, 3.63) is 35.7 Å². The van der Waals surface area contributed by atoms with Crippen molar-refractivity contribution in [2.24, 2.45) is 0 Å². The molecule has 2 unspecified atom stereocenters. The van der Waals surface area contributed by atoms with E-state index < -0.39 is 0 Å². The third-order valence-corrected chi connectivity index (χ3v) is 6.74. The van der Waals surface area contributed by atoms with E-state index in [0.717, 1.165) is 75.9 Å². The lowest BCUT2D eigenvalue weighted by molar-refractivity contribution is -0.121. The minimum absolute atomic E-state index is 0.109. The summed E-state index contributed by atoms with van der Waals surface area (Å²) in [4.78, 5) is 30.8. The predicted octanol–water partition coefficient (Wildman–Crippen LogP) is 1.19. The number of rotatable bonds is 6. The van der Waals surface area contributed by atoms with E-state index in [1.54, 1.807) is 0 Å². The van der Waals surface area contributed by atoms with Crippen molar-refractivity contribution in [1.29, 1.82) is 0 Å². The van der Waals surface area contributed by atoms with Gasteiger partial charge in [-0.25, -0.2) is 4.79 Å². The Morgan fingerprint density at radius 1 is 1.22 bits per heavy atom. The predicted molar refractivity (Wildman–Crippen MR) is 120 cm³/mol. The van der Waals surface area contributed by atoms with Gasteiger partial charge in [0.1, 0.15) is 12.0 Å². The molecule has 4 aliphatic heterocycles. The van der Waals surface area contributed by atoms with Gasteiger partial charge in [0, 0.05) is 52.3 Å². The van der Waals surface area contributed by atoms with Crippen molar-refractivity contribution in [1.82, 2.24) is 15.1 Å². The lowest BCUT2D eigenvalue weighted by Gasteiger charge is -2.41. The summed E-state index contributed by atoms with van der Waals surface area (Å²) in [6.45, 7) is 6.14. The number of hydrogen-bond donors (Lipinski definition) is 2. The molecule has 32 heavy (non-hydrogen) atoms. The van der Waals surface area contributed by atoms with Crippen LogP contribution in [0, 0.1) is 0 Å². The van der Waals surface area contributed by atoms with Gasteiger partial charge < -0.3 is 29.9 Å². The molecule has 0 spiro atoms. The number of nitrogens with zero attached hydrogens (tertiary/aromatic N) is 3. The number of benzene rings is 1. The van der Waals surface area contributed by atoms with Gasteiger partial charge in [-0.05, 0) is 37.1 Å². The van der Waals surface area contributed by atoms with E-state index in [9.17, 15) is 9.59 Å². The highest BCUT2D eigenvalue weighted by Gasteiger charge is 2.35. The minimum atomic E-state index is -0.323. The zero-order chi connectivity index (χ0) is 22.1.